The molecule has 29 heavy (non-hydrogen) atoms. The van der Waals surface area contributed by atoms with Gasteiger partial charge in [0.05, 0.1) is 20.6 Å². The van der Waals surface area contributed by atoms with Gasteiger partial charge in [0.15, 0.2) is 11.5 Å². The van der Waals surface area contributed by atoms with Crippen molar-refractivity contribution < 1.29 is 19.1 Å². The van der Waals surface area contributed by atoms with Gasteiger partial charge in [-0.3, -0.25) is 9.59 Å². The fourth-order valence-electron chi connectivity index (χ4n) is 3.56. The van der Waals surface area contributed by atoms with E-state index in [1.165, 1.54) is 0 Å². The summed E-state index contributed by atoms with van der Waals surface area (Å²) >= 11 is 0. The molecule has 154 valence electrons. The first-order valence-corrected chi connectivity index (χ1v) is 9.77. The van der Waals surface area contributed by atoms with Gasteiger partial charge in [0.25, 0.3) is 0 Å². The van der Waals surface area contributed by atoms with Gasteiger partial charge in [-0.1, -0.05) is 12.1 Å². The lowest BCUT2D eigenvalue weighted by atomic mass is 10.1. The van der Waals surface area contributed by atoms with Crippen LogP contribution in [0.2, 0.25) is 0 Å². The van der Waals surface area contributed by atoms with E-state index >= 15 is 0 Å². The van der Waals surface area contributed by atoms with Crippen molar-refractivity contribution in [1.29, 1.82) is 0 Å². The Kier molecular flexibility index (Phi) is 6.42. The van der Waals surface area contributed by atoms with Crippen LogP contribution in [0.1, 0.15) is 29.5 Å². The highest BCUT2D eigenvalue weighted by atomic mass is 16.5. The minimum Gasteiger partial charge on any atom is -0.493 e. The largest absolute Gasteiger partial charge is 0.493 e. The van der Waals surface area contributed by atoms with Crippen molar-refractivity contribution >= 4 is 17.5 Å². The fraction of sp³-hybridized carbons (Fsp3) is 0.391. The molecule has 3 rings (SSSR count). The minimum absolute atomic E-state index is 0.0317. The van der Waals surface area contributed by atoms with Gasteiger partial charge >= 0.3 is 0 Å². The van der Waals surface area contributed by atoms with Crippen LogP contribution >= 0.6 is 0 Å². The molecule has 1 heterocycles. The second-order valence-corrected chi connectivity index (χ2v) is 7.38. The van der Waals surface area contributed by atoms with Crippen LogP contribution in [0.4, 0.5) is 5.69 Å². The van der Waals surface area contributed by atoms with Crippen LogP contribution in [-0.2, 0) is 22.6 Å². The number of hydrogen-bond donors (Lipinski definition) is 0. The number of amides is 2. The van der Waals surface area contributed by atoms with Crippen molar-refractivity contribution in [2.75, 3.05) is 32.7 Å². The zero-order valence-corrected chi connectivity index (χ0v) is 17.5. The molecule has 1 aliphatic rings. The maximum absolute atomic E-state index is 12.7. The number of ether oxygens (including phenoxy) is 2. The van der Waals surface area contributed by atoms with Gasteiger partial charge < -0.3 is 19.3 Å². The molecule has 6 heteroatoms. The predicted octanol–water partition coefficient (Wildman–Crippen LogP) is 3.34. The number of aryl methyl sites for hydroxylation is 1. The molecule has 0 unspecified atom stereocenters. The quantitative estimate of drug-likeness (QED) is 0.720. The Labute approximate surface area is 172 Å². The van der Waals surface area contributed by atoms with Gasteiger partial charge in [0, 0.05) is 32.2 Å². The van der Waals surface area contributed by atoms with Crippen molar-refractivity contribution in [2.45, 2.75) is 32.7 Å². The Morgan fingerprint density at radius 3 is 2.34 bits per heavy atom. The van der Waals surface area contributed by atoms with Gasteiger partial charge in [-0.15, -0.1) is 0 Å². The summed E-state index contributed by atoms with van der Waals surface area (Å²) in [6, 6.07) is 11.5. The average molecular weight is 396 g/mol. The Morgan fingerprint density at radius 1 is 1.10 bits per heavy atom. The van der Waals surface area contributed by atoms with E-state index in [0.29, 0.717) is 30.9 Å². The molecule has 0 aliphatic carbocycles. The second-order valence-electron chi connectivity index (χ2n) is 7.38. The topological polar surface area (TPSA) is 59.1 Å². The molecule has 0 radical (unpaired) electrons. The zero-order valence-electron chi connectivity index (χ0n) is 17.5. The van der Waals surface area contributed by atoms with E-state index in [9.17, 15) is 9.59 Å². The molecule has 0 aromatic heterocycles. The standard InChI is InChI=1S/C23H28N2O4/c1-16-12-20(28-3)21(29-4)14-18(16)15-24(2)23(27)13-17-7-9-19(10-8-17)25-11-5-6-22(25)26/h7-10,12,14H,5-6,11,13,15H2,1-4H3. The SMILES string of the molecule is COc1cc(C)c(CN(C)C(=O)Cc2ccc(N3CCCC3=O)cc2)cc1OC. The van der Waals surface area contributed by atoms with E-state index in [1.54, 1.807) is 31.1 Å². The monoisotopic (exact) mass is 396 g/mol. The van der Waals surface area contributed by atoms with Gasteiger partial charge in [-0.2, -0.15) is 0 Å². The number of rotatable bonds is 7. The van der Waals surface area contributed by atoms with E-state index in [0.717, 1.165) is 35.3 Å². The Morgan fingerprint density at radius 2 is 1.76 bits per heavy atom. The Bertz CT molecular complexity index is 892. The van der Waals surface area contributed by atoms with Crippen LogP contribution in [0.3, 0.4) is 0 Å². The molecule has 0 bridgehead atoms. The maximum Gasteiger partial charge on any atom is 0.227 e. The molecule has 2 aromatic rings. The van der Waals surface area contributed by atoms with Crippen molar-refractivity contribution in [3.05, 3.63) is 53.1 Å². The number of benzene rings is 2. The summed E-state index contributed by atoms with van der Waals surface area (Å²) in [4.78, 5) is 28.1. The summed E-state index contributed by atoms with van der Waals surface area (Å²) in [5, 5.41) is 0. The fourth-order valence-corrected chi connectivity index (χ4v) is 3.56. The third-order valence-corrected chi connectivity index (χ3v) is 5.35. The molecule has 0 spiro atoms. The van der Waals surface area contributed by atoms with Crippen molar-refractivity contribution in [2.24, 2.45) is 0 Å². The summed E-state index contributed by atoms with van der Waals surface area (Å²) < 4.78 is 10.7. The zero-order chi connectivity index (χ0) is 21.0. The third-order valence-electron chi connectivity index (χ3n) is 5.35. The number of carbonyl (C=O) groups is 2. The van der Waals surface area contributed by atoms with E-state index in [1.807, 2.05) is 43.3 Å². The molecular formula is C23H28N2O4. The number of hydrogen-bond acceptors (Lipinski definition) is 4. The second kappa shape index (κ2) is 8.99. The summed E-state index contributed by atoms with van der Waals surface area (Å²) in [7, 11) is 5.01. The Hall–Kier alpha value is -3.02. The van der Waals surface area contributed by atoms with E-state index in [-0.39, 0.29) is 11.8 Å². The molecule has 2 amide bonds. The van der Waals surface area contributed by atoms with Crippen molar-refractivity contribution in [3.63, 3.8) is 0 Å². The molecule has 0 atom stereocenters. The normalized spacial score (nSPS) is 13.5. The first-order chi connectivity index (χ1) is 13.9. The van der Waals surface area contributed by atoms with Crippen LogP contribution < -0.4 is 14.4 Å². The van der Waals surface area contributed by atoms with Gasteiger partial charge in [0.2, 0.25) is 11.8 Å². The van der Waals surface area contributed by atoms with Gasteiger partial charge in [-0.25, -0.2) is 0 Å². The summed E-state index contributed by atoms with van der Waals surface area (Å²) in [6.07, 6.45) is 1.83. The van der Waals surface area contributed by atoms with E-state index in [4.69, 9.17) is 9.47 Å². The number of likely N-dealkylation sites (N-methyl/N-ethyl adjacent to an activating group) is 1. The van der Waals surface area contributed by atoms with Crippen molar-refractivity contribution in [3.8, 4) is 11.5 Å². The summed E-state index contributed by atoms with van der Waals surface area (Å²) in [5.41, 5.74) is 3.89. The van der Waals surface area contributed by atoms with E-state index in [2.05, 4.69) is 0 Å². The first kappa shape index (κ1) is 20.7. The lowest BCUT2D eigenvalue weighted by Gasteiger charge is -2.20. The lowest BCUT2D eigenvalue weighted by Crippen LogP contribution is -2.28. The average Bonchev–Trinajstić information content (AvgIpc) is 3.15. The van der Waals surface area contributed by atoms with Crippen LogP contribution in [0.25, 0.3) is 0 Å². The molecule has 6 nitrogen and oxygen atoms in total. The maximum atomic E-state index is 12.7. The van der Waals surface area contributed by atoms with E-state index < -0.39 is 0 Å². The number of anilines is 1. The molecular weight excluding hydrogens is 368 g/mol. The molecule has 2 aromatic carbocycles. The number of methoxy groups -OCH3 is 2. The molecule has 0 N–H and O–H groups in total. The van der Waals surface area contributed by atoms with Crippen molar-refractivity contribution in [1.82, 2.24) is 4.90 Å². The highest BCUT2D eigenvalue weighted by molar-refractivity contribution is 5.95. The van der Waals surface area contributed by atoms with Crippen LogP contribution in [0.5, 0.6) is 11.5 Å². The number of carbonyl (C=O) groups excluding carboxylic acids is 2. The summed E-state index contributed by atoms with van der Waals surface area (Å²) in [5.74, 6) is 1.53. The Balaban J connectivity index is 1.64. The number of nitrogens with zero attached hydrogens (tertiary/aromatic N) is 2. The summed E-state index contributed by atoms with van der Waals surface area (Å²) in [6.45, 7) is 3.25. The molecule has 0 saturated carbocycles. The smallest absolute Gasteiger partial charge is 0.227 e. The molecule has 1 fully saturated rings. The highest BCUT2D eigenvalue weighted by Gasteiger charge is 2.21. The van der Waals surface area contributed by atoms with Crippen LogP contribution in [-0.4, -0.2) is 44.5 Å². The minimum atomic E-state index is 0.0317. The molecule has 1 saturated heterocycles. The predicted molar refractivity (Wildman–Crippen MR) is 112 cm³/mol. The molecule has 1 aliphatic heterocycles. The van der Waals surface area contributed by atoms with Crippen LogP contribution in [0, 0.1) is 6.92 Å². The van der Waals surface area contributed by atoms with Gasteiger partial charge in [-0.05, 0) is 54.3 Å². The highest BCUT2D eigenvalue weighted by Crippen LogP contribution is 2.30. The lowest BCUT2D eigenvalue weighted by molar-refractivity contribution is -0.129. The third kappa shape index (κ3) is 4.70. The van der Waals surface area contributed by atoms with Gasteiger partial charge in [0.1, 0.15) is 0 Å². The van der Waals surface area contributed by atoms with Crippen LogP contribution in [0.15, 0.2) is 36.4 Å². The first-order valence-electron chi connectivity index (χ1n) is 9.77.